The van der Waals surface area contributed by atoms with Crippen LogP contribution < -0.4 is 11.5 Å². The van der Waals surface area contributed by atoms with Crippen molar-refractivity contribution in [2.75, 3.05) is 0 Å². The minimum absolute atomic E-state index is 0.421. The lowest BCUT2D eigenvalue weighted by Gasteiger charge is -2.16. The molecule has 4 N–H and O–H groups in total. The molecule has 1 aromatic rings. The third-order valence-electron chi connectivity index (χ3n) is 2.34. The second-order valence-electron chi connectivity index (χ2n) is 3.76. The highest BCUT2D eigenvalue weighted by atomic mass is 14.6. The molecule has 0 spiro atoms. The van der Waals surface area contributed by atoms with E-state index in [4.69, 9.17) is 11.5 Å². The minimum atomic E-state index is 0.421. The first-order valence-electron chi connectivity index (χ1n) is 4.84. The first-order valence-corrected chi connectivity index (χ1v) is 4.84. The van der Waals surface area contributed by atoms with E-state index in [2.05, 4.69) is 20.4 Å². The molecule has 0 saturated carbocycles. The van der Waals surface area contributed by atoms with E-state index in [9.17, 15) is 0 Å². The van der Waals surface area contributed by atoms with Crippen molar-refractivity contribution in [1.29, 1.82) is 0 Å². The maximum atomic E-state index is 5.74. The zero-order valence-corrected chi connectivity index (χ0v) is 8.88. The van der Waals surface area contributed by atoms with E-state index in [-0.39, 0.29) is 0 Å². The summed E-state index contributed by atoms with van der Waals surface area (Å²) in [6.45, 7) is 8.61. The van der Waals surface area contributed by atoms with Crippen molar-refractivity contribution in [3.8, 4) is 0 Å². The van der Waals surface area contributed by atoms with Crippen LogP contribution in [-0.4, -0.2) is 0 Å². The van der Waals surface area contributed by atoms with Crippen LogP contribution in [0.1, 0.15) is 36.5 Å². The Morgan fingerprint density at radius 1 is 1.43 bits per heavy atom. The van der Waals surface area contributed by atoms with E-state index in [0.717, 1.165) is 11.1 Å². The summed E-state index contributed by atoms with van der Waals surface area (Å²) in [6, 6.07) is 6.01. The summed E-state index contributed by atoms with van der Waals surface area (Å²) < 4.78 is 0. The first kappa shape index (κ1) is 10.8. The summed E-state index contributed by atoms with van der Waals surface area (Å²) in [4.78, 5) is 0. The quantitative estimate of drug-likeness (QED) is 0.767. The van der Waals surface area contributed by atoms with Crippen molar-refractivity contribution < 1.29 is 0 Å². The molecule has 2 heteroatoms. The summed E-state index contributed by atoms with van der Waals surface area (Å²) in [5, 5.41) is 0. The summed E-state index contributed by atoms with van der Waals surface area (Å²) >= 11 is 0. The fourth-order valence-electron chi connectivity index (χ4n) is 1.75. The molecule has 0 amide bonds. The zero-order valence-electron chi connectivity index (χ0n) is 8.88. The van der Waals surface area contributed by atoms with Gasteiger partial charge in [0.15, 0.2) is 0 Å². The highest BCUT2D eigenvalue weighted by molar-refractivity contribution is 5.65. The van der Waals surface area contributed by atoms with Crippen LogP contribution in [0, 0.1) is 0 Å². The zero-order chi connectivity index (χ0) is 10.7. The van der Waals surface area contributed by atoms with Crippen molar-refractivity contribution in [2.24, 2.45) is 11.5 Å². The number of nitrogens with two attached hydrogens (primary N) is 2. The average molecular weight is 190 g/mol. The van der Waals surface area contributed by atoms with Gasteiger partial charge in [0.2, 0.25) is 0 Å². The fourth-order valence-corrected chi connectivity index (χ4v) is 1.75. The molecule has 0 radical (unpaired) electrons. The number of hydrogen-bond acceptors (Lipinski definition) is 2. The van der Waals surface area contributed by atoms with E-state index >= 15 is 0 Å². The lowest BCUT2D eigenvalue weighted by atomic mass is 9.91. The van der Waals surface area contributed by atoms with Gasteiger partial charge in [-0.1, -0.05) is 38.6 Å². The lowest BCUT2D eigenvalue weighted by molar-refractivity contribution is 0.835. The highest BCUT2D eigenvalue weighted by Crippen LogP contribution is 2.26. The van der Waals surface area contributed by atoms with Crippen molar-refractivity contribution >= 4 is 5.70 Å². The molecule has 14 heavy (non-hydrogen) atoms. The fraction of sp³-hybridized carbons (Fsp3) is 0.333. The molecule has 1 aromatic carbocycles. The van der Waals surface area contributed by atoms with Gasteiger partial charge in [0.05, 0.1) is 0 Å². The molecular weight excluding hydrogens is 172 g/mol. The van der Waals surface area contributed by atoms with Gasteiger partial charge in [-0.05, 0) is 17.0 Å². The number of hydrogen-bond donors (Lipinski definition) is 2. The molecule has 0 bridgehead atoms. The molecule has 0 saturated heterocycles. The smallest absolute Gasteiger partial charge is 0.0317 e. The van der Waals surface area contributed by atoms with Gasteiger partial charge in [0.25, 0.3) is 0 Å². The molecule has 2 nitrogen and oxygen atoms in total. The van der Waals surface area contributed by atoms with Crippen LogP contribution in [0.5, 0.6) is 0 Å². The van der Waals surface area contributed by atoms with Gasteiger partial charge >= 0.3 is 0 Å². The molecule has 0 aliphatic carbocycles. The Morgan fingerprint density at radius 2 is 2.07 bits per heavy atom. The van der Waals surface area contributed by atoms with E-state index in [1.54, 1.807) is 0 Å². The van der Waals surface area contributed by atoms with Crippen molar-refractivity contribution in [1.82, 2.24) is 0 Å². The van der Waals surface area contributed by atoms with Crippen LogP contribution in [0.3, 0.4) is 0 Å². The average Bonchev–Trinajstić information content (AvgIpc) is 2.16. The Morgan fingerprint density at radius 3 is 2.50 bits per heavy atom. The first-order chi connectivity index (χ1) is 6.57. The predicted molar refractivity (Wildman–Crippen MR) is 61.6 cm³/mol. The Balaban J connectivity index is 3.35. The third-order valence-corrected chi connectivity index (χ3v) is 2.34. The topological polar surface area (TPSA) is 52.0 Å². The molecule has 0 atom stereocenters. The number of rotatable bonds is 3. The second-order valence-corrected chi connectivity index (χ2v) is 3.76. The van der Waals surface area contributed by atoms with Crippen molar-refractivity contribution in [2.45, 2.75) is 26.3 Å². The van der Waals surface area contributed by atoms with Crippen molar-refractivity contribution in [3.63, 3.8) is 0 Å². The molecule has 0 aliphatic rings. The molecule has 0 heterocycles. The minimum Gasteiger partial charge on any atom is -0.399 e. The van der Waals surface area contributed by atoms with Crippen LogP contribution in [0.2, 0.25) is 0 Å². The van der Waals surface area contributed by atoms with Gasteiger partial charge in [-0.15, -0.1) is 0 Å². The van der Waals surface area contributed by atoms with Gasteiger partial charge < -0.3 is 11.5 Å². The molecular formula is C12H18N2. The molecule has 0 unspecified atom stereocenters. The van der Waals surface area contributed by atoms with Gasteiger partial charge in [-0.2, -0.15) is 0 Å². The van der Waals surface area contributed by atoms with Crippen LogP contribution in [0.25, 0.3) is 5.70 Å². The summed E-state index contributed by atoms with van der Waals surface area (Å²) in [7, 11) is 0. The SMILES string of the molecule is C=C(N)c1cccc(CN)c1C(C)C. The summed E-state index contributed by atoms with van der Waals surface area (Å²) in [6.07, 6.45) is 0. The summed E-state index contributed by atoms with van der Waals surface area (Å²) in [5.41, 5.74) is 15.5. The van der Waals surface area contributed by atoms with Crippen molar-refractivity contribution in [3.05, 3.63) is 41.5 Å². The molecule has 0 aliphatic heterocycles. The highest BCUT2D eigenvalue weighted by Gasteiger charge is 2.11. The Kier molecular flexibility index (Phi) is 3.31. The van der Waals surface area contributed by atoms with Crippen LogP contribution in [-0.2, 0) is 6.54 Å². The van der Waals surface area contributed by atoms with Crippen LogP contribution >= 0.6 is 0 Å². The van der Waals surface area contributed by atoms with E-state index in [1.165, 1.54) is 5.56 Å². The number of benzene rings is 1. The molecule has 76 valence electrons. The molecule has 0 aromatic heterocycles. The van der Waals surface area contributed by atoms with Gasteiger partial charge in [0.1, 0.15) is 0 Å². The second kappa shape index (κ2) is 4.29. The van der Waals surface area contributed by atoms with E-state index in [0.29, 0.717) is 18.2 Å². The normalized spacial score (nSPS) is 10.6. The van der Waals surface area contributed by atoms with Crippen LogP contribution in [0.4, 0.5) is 0 Å². The third kappa shape index (κ3) is 1.96. The van der Waals surface area contributed by atoms with E-state index in [1.807, 2.05) is 18.2 Å². The van der Waals surface area contributed by atoms with Gasteiger partial charge in [-0.25, -0.2) is 0 Å². The monoisotopic (exact) mass is 190 g/mol. The maximum Gasteiger partial charge on any atom is 0.0317 e. The van der Waals surface area contributed by atoms with Gasteiger partial charge in [-0.3, -0.25) is 0 Å². The Labute approximate surface area is 85.6 Å². The maximum absolute atomic E-state index is 5.74. The van der Waals surface area contributed by atoms with E-state index < -0.39 is 0 Å². The largest absolute Gasteiger partial charge is 0.399 e. The standard InChI is InChI=1S/C12H18N2/c1-8(2)12-10(7-13)5-4-6-11(12)9(3)14/h4-6,8H,3,7,13-14H2,1-2H3. The predicted octanol–water partition coefficient (Wildman–Crippen LogP) is 2.20. The Hall–Kier alpha value is -1.28. The lowest BCUT2D eigenvalue weighted by Crippen LogP contribution is -2.08. The van der Waals surface area contributed by atoms with Crippen LogP contribution in [0.15, 0.2) is 24.8 Å². The molecule has 0 fully saturated rings. The Bertz CT molecular complexity index is 340. The molecule has 1 rings (SSSR count). The van der Waals surface area contributed by atoms with Gasteiger partial charge in [0, 0.05) is 17.8 Å². The summed E-state index contributed by atoms with van der Waals surface area (Å²) in [5.74, 6) is 0.421.